The minimum atomic E-state index is -0.194. The first-order valence-corrected chi connectivity index (χ1v) is 5.56. The number of carbonyl (C=O) groups excluding carboxylic acids is 1. The molecule has 0 aliphatic carbocycles. The summed E-state index contributed by atoms with van der Waals surface area (Å²) in [7, 11) is 0. The predicted molar refractivity (Wildman–Crippen MR) is 65.0 cm³/mol. The third kappa shape index (κ3) is 2.27. The molecule has 0 bridgehead atoms. The number of hydrogen-bond acceptors (Lipinski definition) is 3. The lowest BCUT2D eigenvalue weighted by atomic mass is 9.97. The van der Waals surface area contributed by atoms with E-state index in [-0.39, 0.29) is 11.8 Å². The second-order valence-electron chi connectivity index (χ2n) is 4.28. The van der Waals surface area contributed by atoms with Gasteiger partial charge >= 0.3 is 0 Å². The summed E-state index contributed by atoms with van der Waals surface area (Å²) >= 11 is 0. The molecule has 2 rings (SSSR count). The summed E-state index contributed by atoms with van der Waals surface area (Å²) in [6, 6.07) is 7.73. The highest BCUT2D eigenvalue weighted by Crippen LogP contribution is 2.23. The van der Waals surface area contributed by atoms with E-state index in [1.165, 1.54) is 0 Å². The second kappa shape index (κ2) is 4.43. The zero-order valence-electron chi connectivity index (χ0n) is 9.23. The van der Waals surface area contributed by atoms with Crippen LogP contribution in [0.2, 0.25) is 0 Å². The first-order valence-electron chi connectivity index (χ1n) is 5.56. The highest BCUT2D eigenvalue weighted by Gasteiger charge is 2.23. The minimum Gasteiger partial charge on any atom is -0.399 e. The topological polar surface area (TPSA) is 72.4 Å². The van der Waals surface area contributed by atoms with Gasteiger partial charge in [-0.3, -0.25) is 4.79 Å². The van der Waals surface area contributed by atoms with Gasteiger partial charge in [-0.05, 0) is 37.1 Å². The van der Waals surface area contributed by atoms with Crippen LogP contribution in [0.15, 0.2) is 24.3 Å². The van der Waals surface area contributed by atoms with Gasteiger partial charge in [-0.25, -0.2) is 0 Å². The summed E-state index contributed by atoms with van der Waals surface area (Å²) in [5.74, 6) is -0.216. The number of nitrogen functional groups attached to an aromatic ring is 1. The maximum absolute atomic E-state index is 11.2. The summed E-state index contributed by atoms with van der Waals surface area (Å²) in [6.45, 7) is 1.70. The number of carbonyl (C=O) groups is 1. The van der Waals surface area contributed by atoms with Gasteiger partial charge in [-0.15, -0.1) is 0 Å². The normalized spacial score (nSPS) is 20.8. The van der Waals surface area contributed by atoms with Crippen LogP contribution in [0, 0.1) is 5.92 Å². The maximum atomic E-state index is 11.2. The molecule has 0 saturated carbocycles. The smallest absolute Gasteiger partial charge is 0.222 e. The zero-order chi connectivity index (χ0) is 11.5. The fourth-order valence-electron chi connectivity index (χ4n) is 2.13. The molecule has 0 radical (unpaired) electrons. The number of amides is 1. The second-order valence-corrected chi connectivity index (χ2v) is 4.28. The van der Waals surface area contributed by atoms with E-state index in [9.17, 15) is 4.79 Å². The molecule has 1 fully saturated rings. The van der Waals surface area contributed by atoms with Crippen molar-refractivity contribution in [2.24, 2.45) is 11.7 Å². The summed E-state index contributed by atoms with van der Waals surface area (Å²) in [6.07, 6.45) is 1.92. The van der Waals surface area contributed by atoms with E-state index >= 15 is 0 Å². The third-order valence-corrected chi connectivity index (χ3v) is 3.08. The first-order chi connectivity index (χ1) is 7.66. The van der Waals surface area contributed by atoms with Crippen molar-refractivity contribution in [2.75, 3.05) is 23.7 Å². The Hall–Kier alpha value is -1.71. The van der Waals surface area contributed by atoms with Crippen molar-refractivity contribution in [1.82, 2.24) is 0 Å². The molecule has 16 heavy (non-hydrogen) atoms. The van der Waals surface area contributed by atoms with Crippen molar-refractivity contribution >= 4 is 17.3 Å². The predicted octanol–water partition coefficient (Wildman–Crippen LogP) is 0.970. The molecule has 1 aliphatic rings. The van der Waals surface area contributed by atoms with Crippen molar-refractivity contribution in [2.45, 2.75) is 12.8 Å². The van der Waals surface area contributed by atoms with E-state index in [1.807, 2.05) is 24.3 Å². The average Bonchev–Trinajstić information content (AvgIpc) is 2.30. The molecule has 4 N–H and O–H groups in total. The summed E-state index contributed by atoms with van der Waals surface area (Å²) in [5.41, 5.74) is 12.9. The number of primary amides is 1. The van der Waals surface area contributed by atoms with Gasteiger partial charge in [-0.2, -0.15) is 0 Å². The van der Waals surface area contributed by atoms with E-state index in [1.54, 1.807) is 0 Å². The number of nitrogens with zero attached hydrogens (tertiary/aromatic N) is 1. The number of benzene rings is 1. The molecule has 1 amide bonds. The molecule has 4 heteroatoms. The molecule has 0 aromatic heterocycles. The molecule has 1 heterocycles. The standard InChI is InChI=1S/C12H17N3O/c13-10-3-5-11(6-4-10)15-7-1-2-9(8-15)12(14)16/h3-6,9H,1-2,7-8,13H2,(H2,14,16)/t9-/m0/s1. The number of nitrogens with two attached hydrogens (primary N) is 2. The molecular weight excluding hydrogens is 202 g/mol. The van der Waals surface area contributed by atoms with Crippen LogP contribution < -0.4 is 16.4 Å². The lowest BCUT2D eigenvalue weighted by Gasteiger charge is -2.33. The fourth-order valence-corrected chi connectivity index (χ4v) is 2.13. The largest absolute Gasteiger partial charge is 0.399 e. The zero-order valence-corrected chi connectivity index (χ0v) is 9.23. The SMILES string of the molecule is NC(=O)[C@H]1CCCN(c2ccc(N)cc2)C1. The Morgan fingerprint density at radius 2 is 2.00 bits per heavy atom. The molecular formula is C12H17N3O. The number of rotatable bonds is 2. The highest BCUT2D eigenvalue weighted by molar-refractivity contribution is 5.77. The van der Waals surface area contributed by atoms with E-state index in [0.717, 1.165) is 37.3 Å². The monoisotopic (exact) mass is 219 g/mol. The van der Waals surface area contributed by atoms with Crippen LogP contribution in [0.1, 0.15) is 12.8 Å². The van der Waals surface area contributed by atoms with E-state index in [0.29, 0.717) is 0 Å². The lowest BCUT2D eigenvalue weighted by Crippen LogP contribution is -2.41. The molecule has 1 aromatic carbocycles. The molecule has 0 spiro atoms. The van der Waals surface area contributed by atoms with Crippen molar-refractivity contribution in [3.63, 3.8) is 0 Å². The van der Waals surface area contributed by atoms with Gasteiger partial charge in [0.2, 0.25) is 5.91 Å². The highest BCUT2D eigenvalue weighted by atomic mass is 16.1. The van der Waals surface area contributed by atoms with Crippen LogP contribution in [0.5, 0.6) is 0 Å². The Bertz CT molecular complexity index is 374. The van der Waals surface area contributed by atoms with Gasteiger partial charge in [0.25, 0.3) is 0 Å². The van der Waals surface area contributed by atoms with Crippen LogP contribution in [-0.4, -0.2) is 19.0 Å². The Labute approximate surface area is 95.2 Å². The molecule has 1 aliphatic heterocycles. The maximum Gasteiger partial charge on any atom is 0.222 e. The Balaban J connectivity index is 2.09. The van der Waals surface area contributed by atoms with Gasteiger partial charge in [0.1, 0.15) is 0 Å². The van der Waals surface area contributed by atoms with Gasteiger partial charge < -0.3 is 16.4 Å². The Kier molecular flexibility index (Phi) is 2.99. The Morgan fingerprint density at radius 3 is 2.62 bits per heavy atom. The number of hydrogen-bond donors (Lipinski definition) is 2. The summed E-state index contributed by atoms with van der Waals surface area (Å²) in [5, 5.41) is 0. The molecule has 0 unspecified atom stereocenters. The van der Waals surface area contributed by atoms with Gasteiger partial charge in [-0.1, -0.05) is 0 Å². The van der Waals surface area contributed by atoms with Crippen molar-refractivity contribution < 1.29 is 4.79 Å². The minimum absolute atomic E-state index is 0.0219. The summed E-state index contributed by atoms with van der Waals surface area (Å²) < 4.78 is 0. The van der Waals surface area contributed by atoms with Crippen LogP contribution >= 0.6 is 0 Å². The van der Waals surface area contributed by atoms with E-state index in [2.05, 4.69) is 4.90 Å². The average molecular weight is 219 g/mol. The van der Waals surface area contributed by atoms with Crippen molar-refractivity contribution in [1.29, 1.82) is 0 Å². The first kappa shape index (κ1) is 10.8. The van der Waals surface area contributed by atoms with Gasteiger partial charge in [0.15, 0.2) is 0 Å². The fraction of sp³-hybridized carbons (Fsp3) is 0.417. The molecule has 1 saturated heterocycles. The number of piperidine rings is 1. The van der Waals surface area contributed by atoms with E-state index < -0.39 is 0 Å². The van der Waals surface area contributed by atoms with Crippen LogP contribution in [0.3, 0.4) is 0 Å². The van der Waals surface area contributed by atoms with Crippen molar-refractivity contribution in [3.8, 4) is 0 Å². The molecule has 86 valence electrons. The third-order valence-electron chi connectivity index (χ3n) is 3.08. The van der Waals surface area contributed by atoms with Crippen LogP contribution in [0.25, 0.3) is 0 Å². The summed E-state index contributed by atoms with van der Waals surface area (Å²) in [4.78, 5) is 13.4. The van der Waals surface area contributed by atoms with Gasteiger partial charge in [0.05, 0.1) is 5.92 Å². The van der Waals surface area contributed by atoms with Gasteiger partial charge in [0, 0.05) is 24.5 Å². The molecule has 1 aromatic rings. The number of anilines is 2. The van der Waals surface area contributed by atoms with Crippen molar-refractivity contribution in [3.05, 3.63) is 24.3 Å². The Morgan fingerprint density at radius 1 is 1.31 bits per heavy atom. The van der Waals surface area contributed by atoms with Crippen LogP contribution in [-0.2, 0) is 4.79 Å². The lowest BCUT2D eigenvalue weighted by molar-refractivity contribution is -0.122. The quantitative estimate of drug-likeness (QED) is 0.728. The van der Waals surface area contributed by atoms with Crippen LogP contribution in [0.4, 0.5) is 11.4 Å². The van der Waals surface area contributed by atoms with E-state index in [4.69, 9.17) is 11.5 Å². The molecule has 4 nitrogen and oxygen atoms in total. The molecule has 1 atom stereocenters.